The minimum atomic E-state index is -0.684. The fourth-order valence-electron chi connectivity index (χ4n) is 4.05. The Hall–Kier alpha value is -3.41. The third kappa shape index (κ3) is 5.89. The maximum absolute atomic E-state index is 14.3. The van der Waals surface area contributed by atoms with Crippen LogP contribution in [0.25, 0.3) is 17.0 Å². The van der Waals surface area contributed by atoms with Crippen LogP contribution >= 0.6 is 0 Å². The van der Waals surface area contributed by atoms with Gasteiger partial charge in [-0.1, -0.05) is 44.6 Å². The summed E-state index contributed by atoms with van der Waals surface area (Å²) in [5.74, 6) is -1.37. The summed E-state index contributed by atoms with van der Waals surface area (Å²) >= 11 is 0. The van der Waals surface area contributed by atoms with Crippen molar-refractivity contribution < 1.29 is 8.78 Å². The largest absolute Gasteiger partial charge is 0.397 e. The molecule has 3 N–H and O–H groups in total. The van der Waals surface area contributed by atoms with Gasteiger partial charge in [-0.05, 0) is 56.2 Å². The lowest BCUT2D eigenvalue weighted by Gasteiger charge is -2.30. The number of rotatable bonds is 7. The summed E-state index contributed by atoms with van der Waals surface area (Å²) in [4.78, 5) is 6.80. The zero-order chi connectivity index (χ0) is 23.8. The highest BCUT2D eigenvalue weighted by molar-refractivity contribution is 5.74. The van der Waals surface area contributed by atoms with Crippen LogP contribution in [-0.2, 0) is 0 Å². The minimum Gasteiger partial charge on any atom is -0.397 e. The standard InChI is InChI=1S/C27H32F2N4/c1-4-12-25(33-17-9-7-6-8-10-18-33)23(5-2)31-19(3)27-22(30)15-16-24(32-27)26-20(28)13-11-14-21(26)29/h4-5,11-16,31H,2-3,6-10,17-18,30H2,1H3/b12-4-,25-23-. The Balaban J connectivity index is 1.95. The van der Waals surface area contributed by atoms with Crippen molar-refractivity contribution in [1.82, 2.24) is 15.2 Å². The molecule has 0 spiro atoms. The predicted octanol–water partition coefficient (Wildman–Crippen LogP) is 6.41. The van der Waals surface area contributed by atoms with Gasteiger partial charge in [0.25, 0.3) is 0 Å². The SMILES string of the molecule is C=C/C(NC(=C)c1nc(-c2c(F)cccc2F)ccc1N)=C(\C=C/C)N1CCCCCCC1. The number of aromatic nitrogens is 1. The highest BCUT2D eigenvalue weighted by atomic mass is 19.1. The van der Waals surface area contributed by atoms with E-state index in [1.807, 2.05) is 13.0 Å². The molecule has 1 saturated heterocycles. The summed E-state index contributed by atoms with van der Waals surface area (Å²) in [6.07, 6.45) is 11.8. The van der Waals surface area contributed by atoms with Crippen LogP contribution in [0, 0.1) is 11.6 Å². The third-order valence-electron chi connectivity index (χ3n) is 5.72. The molecule has 4 nitrogen and oxygen atoms in total. The number of hydrogen-bond acceptors (Lipinski definition) is 4. The van der Waals surface area contributed by atoms with Crippen molar-refractivity contribution in [2.75, 3.05) is 18.8 Å². The van der Waals surface area contributed by atoms with E-state index in [9.17, 15) is 8.78 Å². The molecule has 6 heteroatoms. The molecule has 1 aliphatic heterocycles. The first kappa shape index (κ1) is 24.2. The van der Waals surface area contributed by atoms with E-state index in [-0.39, 0.29) is 11.3 Å². The van der Waals surface area contributed by atoms with Crippen molar-refractivity contribution >= 4 is 11.4 Å². The lowest BCUT2D eigenvalue weighted by Crippen LogP contribution is -2.29. The molecule has 0 saturated carbocycles. The van der Waals surface area contributed by atoms with Gasteiger partial charge in [-0.2, -0.15) is 0 Å². The van der Waals surface area contributed by atoms with E-state index in [1.165, 1.54) is 43.5 Å². The molecule has 33 heavy (non-hydrogen) atoms. The van der Waals surface area contributed by atoms with Crippen molar-refractivity contribution in [1.29, 1.82) is 0 Å². The molecule has 0 radical (unpaired) electrons. The Labute approximate surface area is 195 Å². The highest BCUT2D eigenvalue weighted by Crippen LogP contribution is 2.28. The highest BCUT2D eigenvalue weighted by Gasteiger charge is 2.17. The van der Waals surface area contributed by atoms with Crippen LogP contribution in [0.4, 0.5) is 14.5 Å². The van der Waals surface area contributed by atoms with Crippen LogP contribution in [-0.4, -0.2) is 23.0 Å². The predicted molar refractivity (Wildman–Crippen MR) is 133 cm³/mol. The summed E-state index contributed by atoms with van der Waals surface area (Å²) in [7, 11) is 0. The maximum Gasteiger partial charge on any atom is 0.135 e. The van der Waals surface area contributed by atoms with Gasteiger partial charge in [-0.25, -0.2) is 13.8 Å². The van der Waals surface area contributed by atoms with Gasteiger partial charge in [0.1, 0.15) is 17.3 Å². The Morgan fingerprint density at radius 1 is 1.06 bits per heavy atom. The quantitative estimate of drug-likeness (QED) is 0.479. The smallest absolute Gasteiger partial charge is 0.135 e. The first-order chi connectivity index (χ1) is 16.0. The summed E-state index contributed by atoms with van der Waals surface area (Å²) in [6, 6.07) is 6.81. The van der Waals surface area contributed by atoms with Gasteiger partial charge in [-0.3, -0.25) is 0 Å². The van der Waals surface area contributed by atoms with E-state index in [0.717, 1.165) is 37.3 Å². The summed E-state index contributed by atoms with van der Waals surface area (Å²) in [5.41, 5.74) is 9.04. The van der Waals surface area contributed by atoms with Crippen LogP contribution in [0.15, 0.2) is 73.1 Å². The fraction of sp³-hybridized carbons (Fsp3) is 0.296. The molecule has 0 atom stereocenters. The average Bonchev–Trinajstić information content (AvgIpc) is 2.77. The number of pyridine rings is 1. The zero-order valence-corrected chi connectivity index (χ0v) is 19.2. The molecule has 1 aromatic carbocycles. The van der Waals surface area contributed by atoms with Crippen molar-refractivity contribution in [2.45, 2.75) is 39.0 Å². The molecule has 1 fully saturated rings. The molecule has 0 bridgehead atoms. The lowest BCUT2D eigenvalue weighted by molar-refractivity contribution is 0.311. The van der Waals surface area contributed by atoms with Gasteiger partial charge in [0.15, 0.2) is 0 Å². The van der Waals surface area contributed by atoms with Gasteiger partial charge in [-0.15, -0.1) is 0 Å². The first-order valence-corrected chi connectivity index (χ1v) is 11.4. The Bertz CT molecular complexity index is 1040. The maximum atomic E-state index is 14.3. The Kier molecular flexibility index (Phi) is 8.41. The van der Waals surface area contributed by atoms with Crippen molar-refractivity contribution in [2.24, 2.45) is 0 Å². The number of anilines is 1. The molecular weight excluding hydrogens is 418 g/mol. The Morgan fingerprint density at radius 2 is 1.70 bits per heavy atom. The van der Waals surface area contributed by atoms with Crippen molar-refractivity contribution in [3.8, 4) is 11.3 Å². The van der Waals surface area contributed by atoms with Crippen LogP contribution in [0.2, 0.25) is 0 Å². The number of hydrogen-bond donors (Lipinski definition) is 2. The van der Waals surface area contributed by atoms with E-state index in [1.54, 1.807) is 12.1 Å². The molecule has 2 aromatic rings. The van der Waals surface area contributed by atoms with Gasteiger partial charge in [0.2, 0.25) is 0 Å². The molecule has 2 heterocycles. The second kappa shape index (κ2) is 11.5. The topological polar surface area (TPSA) is 54.2 Å². The number of allylic oxidation sites excluding steroid dienone is 3. The van der Waals surface area contributed by atoms with Crippen LogP contribution in [0.5, 0.6) is 0 Å². The number of nitrogens with two attached hydrogens (primary N) is 1. The molecule has 0 aliphatic carbocycles. The number of halogens is 2. The van der Waals surface area contributed by atoms with Crippen LogP contribution < -0.4 is 11.1 Å². The van der Waals surface area contributed by atoms with E-state index < -0.39 is 11.6 Å². The monoisotopic (exact) mass is 450 g/mol. The normalized spacial score (nSPS) is 15.5. The second-order valence-corrected chi connectivity index (χ2v) is 8.09. The molecule has 1 aliphatic rings. The second-order valence-electron chi connectivity index (χ2n) is 8.09. The third-order valence-corrected chi connectivity index (χ3v) is 5.72. The van der Waals surface area contributed by atoms with Gasteiger partial charge in [0.05, 0.1) is 34.0 Å². The summed E-state index contributed by atoms with van der Waals surface area (Å²) in [5, 5.41) is 3.29. The van der Waals surface area contributed by atoms with Crippen molar-refractivity contribution in [3.63, 3.8) is 0 Å². The molecule has 1 aromatic heterocycles. The Morgan fingerprint density at radius 3 is 2.30 bits per heavy atom. The van der Waals surface area contributed by atoms with Gasteiger partial charge < -0.3 is 16.0 Å². The summed E-state index contributed by atoms with van der Waals surface area (Å²) in [6.45, 7) is 12.0. The van der Waals surface area contributed by atoms with Gasteiger partial charge >= 0.3 is 0 Å². The van der Waals surface area contributed by atoms with Gasteiger partial charge in [0, 0.05) is 13.1 Å². The molecule has 3 rings (SSSR count). The number of likely N-dealkylation sites (tertiary alicyclic amines) is 1. The number of nitrogens with zero attached hydrogens (tertiary/aromatic N) is 2. The molecular formula is C27H32F2N4. The van der Waals surface area contributed by atoms with E-state index in [4.69, 9.17) is 5.73 Å². The fourth-order valence-corrected chi connectivity index (χ4v) is 4.05. The molecule has 174 valence electrons. The van der Waals surface area contributed by atoms with E-state index in [2.05, 4.69) is 34.4 Å². The number of nitrogens with one attached hydrogen (secondary N) is 1. The van der Waals surface area contributed by atoms with Crippen molar-refractivity contribution in [3.05, 3.63) is 90.4 Å². The number of benzene rings is 1. The van der Waals surface area contributed by atoms with E-state index >= 15 is 0 Å². The van der Waals surface area contributed by atoms with Crippen LogP contribution in [0.3, 0.4) is 0 Å². The molecule has 0 unspecified atom stereocenters. The lowest BCUT2D eigenvalue weighted by atomic mass is 10.1. The van der Waals surface area contributed by atoms with Crippen LogP contribution in [0.1, 0.15) is 44.7 Å². The zero-order valence-electron chi connectivity index (χ0n) is 19.2. The summed E-state index contributed by atoms with van der Waals surface area (Å²) < 4.78 is 28.6. The minimum absolute atomic E-state index is 0.152. The average molecular weight is 451 g/mol. The van der Waals surface area contributed by atoms with E-state index in [0.29, 0.717) is 17.1 Å². The molecule has 0 amide bonds. The first-order valence-electron chi connectivity index (χ1n) is 11.4. The number of nitrogen functional groups attached to an aromatic ring is 1.